The molecule has 1 aliphatic rings. The fourth-order valence-electron chi connectivity index (χ4n) is 1.67. The van der Waals surface area contributed by atoms with Gasteiger partial charge in [-0.3, -0.25) is 24.0 Å². The maximum absolute atomic E-state index is 11.4. The molecule has 0 spiro atoms. The van der Waals surface area contributed by atoms with Crippen molar-refractivity contribution in [3.05, 3.63) is 0 Å². The van der Waals surface area contributed by atoms with Crippen LogP contribution in [0.1, 0.15) is 38.5 Å². The molecular weight excluding hydrogens is 342 g/mol. The number of hydroxylamine groups is 2. The highest BCUT2D eigenvalue weighted by Crippen LogP contribution is 2.13. The van der Waals surface area contributed by atoms with Gasteiger partial charge in [0.1, 0.15) is 13.2 Å². The van der Waals surface area contributed by atoms with Gasteiger partial charge in [-0.25, -0.2) is 4.79 Å². The van der Waals surface area contributed by atoms with Gasteiger partial charge in [0.25, 0.3) is 11.8 Å². The van der Waals surface area contributed by atoms with Crippen molar-refractivity contribution in [2.24, 2.45) is 0 Å². The van der Waals surface area contributed by atoms with E-state index in [1.807, 2.05) is 0 Å². The maximum atomic E-state index is 11.4. The predicted octanol–water partition coefficient (Wildman–Crippen LogP) is -0.675. The van der Waals surface area contributed by atoms with Crippen LogP contribution < -0.4 is 0 Å². The van der Waals surface area contributed by atoms with Gasteiger partial charge in [0, 0.05) is 12.8 Å². The Morgan fingerprint density at radius 2 is 1.24 bits per heavy atom. The smallest absolute Gasteiger partial charge is 0.333 e. The predicted molar refractivity (Wildman–Crippen MR) is 75.2 cm³/mol. The molecule has 0 bridgehead atoms. The fourth-order valence-corrected chi connectivity index (χ4v) is 1.67. The Bertz CT molecular complexity index is 554. The zero-order chi connectivity index (χ0) is 18.8. The summed E-state index contributed by atoms with van der Waals surface area (Å²) in [5, 5.41) is 8.75. The summed E-state index contributed by atoms with van der Waals surface area (Å²) in [5.74, 6) is -4.80. The fraction of sp³-hybridized carbons (Fsp3) is 0.571. The van der Waals surface area contributed by atoms with E-state index in [-0.39, 0.29) is 45.3 Å². The van der Waals surface area contributed by atoms with Crippen LogP contribution in [0.3, 0.4) is 0 Å². The Labute approximate surface area is 141 Å². The second-order valence-corrected chi connectivity index (χ2v) is 4.88. The van der Waals surface area contributed by atoms with Crippen LogP contribution in [-0.4, -0.2) is 59.1 Å². The number of amides is 2. The summed E-state index contributed by atoms with van der Waals surface area (Å²) >= 11 is 0. The Morgan fingerprint density at radius 3 is 1.72 bits per heavy atom. The van der Waals surface area contributed by atoms with Gasteiger partial charge in [0.15, 0.2) is 0 Å². The molecule has 0 aromatic carbocycles. The second kappa shape index (κ2) is 10.0. The monoisotopic (exact) mass is 359 g/mol. The quantitative estimate of drug-likeness (QED) is 0.301. The number of rotatable bonds is 10. The third-order valence-electron chi connectivity index (χ3n) is 2.88. The van der Waals surface area contributed by atoms with Crippen molar-refractivity contribution in [2.45, 2.75) is 38.5 Å². The van der Waals surface area contributed by atoms with Crippen LogP contribution in [0.5, 0.6) is 0 Å². The zero-order valence-electron chi connectivity index (χ0n) is 13.2. The van der Waals surface area contributed by atoms with Gasteiger partial charge in [-0.05, 0) is 0 Å². The molecule has 1 fully saturated rings. The van der Waals surface area contributed by atoms with Gasteiger partial charge in [0.2, 0.25) is 0 Å². The summed E-state index contributed by atoms with van der Waals surface area (Å²) in [5.41, 5.74) is 0. The van der Waals surface area contributed by atoms with Gasteiger partial charge in [-0.1, -0.05) is 0 Å². The number of imide groups is 1. The molecule has 1 N–H and O–H groups in total. The number of hydrogen-bond acceptors (Lipinski definition) is 9. The van der Waals surface area contributed by atoms with Gasteiger partial charge in [-0.2, -0.15) is 0 Å². The van der Waals surface area contributed by atoms with E-state index in [0.717, 1.165) is 0 Å². The van der Waals surface area contributed by atoms with Crippen molar-refractivity contribution in [2.75, 3.05) is 13.2 Å². The molecular formula is C14H17NO10. The summed E-state index contributed by atoms with van der Waals surface area (Å²) in [6, 6.07) is 0. The van der Waals surface area contributed by atoms with Gasteiger partial charge >= 0.3 is 23.9 Å². The third kappa shape index (κ3) is 7.90. The van der Waals surface area contributed by atoms with Crippen LogP contribution in [0.2, 0.25) is 0 Å². The minimum atomic E-state index is -1.13. The number of carbonyl (C=O) groups is 6. The van der Waals surface area contributed by atoms with Gasteiger partial charge in [0.05, 0.1) is 25.7 Å². The molecule has 1 heterocycles. The molecule has 0 saturated carbocycles. The lowest BCUT2D eigenvalue weighted by molar-refractivity contribution is -0.197. The summed E-state index contributed by atoms with van der Waals surface area (Å²) in [4.78, 5) is 71.2. The topological polar surface area (TPSA) is 154 Å². The van der Waals surface area contributed by atoms with E-state index in [0.29, 0.717) is 5.06 Å². The SMILES string of the molecule is O=C(O)CCC(=O)OCCOC(=O)CCC(=O)ON1C(=O)CCC1=O. The van der Waals surface area contributed by atoms with Crippen molar-refractivity contribution < 1.29 is 48.2 Å². The average molecular weight is 359 g/mol. The van der Waals surface area contributed by atoms with Crippen LogP contribution in [0.25, 0.3) is 0 Å². The highest BCUT2D eigenvalue weighted by atomic mass is 16.7. The van der Waals surface area contributed by atoms with E-state index in [1.54, 1.807) is 0 Å². The van der Waals surface area contributed by atoms with Crippen LogP contribution in [0, 0.1) is 0 Å². The largest absolute Gasteiger partial charge is 0.481 e. The molecule has 0 aromatic heterocycles. The molecule has 0 aromatic rings. The molecule has 1 rings (SSSR count). The molecule has 138 valence electrons. The summed E-state index contributed by atoms with van der Waals surface area (Å²) < 4.78 is 9.32. The number of ether oxygens (including phenoxy) is 2. The molecule has 1 aliphatic heterocycles. The molecule has 0 radical (unpaired) electrons. The molecule has 0 unspecified atom stereocenters. The molecule has 11 heteroatoms. The molecule has 25 heavy (non-hydrogen) atoms. The van der Waals surface area contributed by atoms with Crippen LogP contribution in [-0.2, 0) is 43.1 Å². The number of carbonyl (C=O) groups excluding carboxylic acids is 5. The first kappa shape index (κ1) is 20.1. The van der Waals surface area contributed by atoms with E-state index < -0.39 is 42.1 Å². The normalized spacial score (nSPS) is 13.5. The Balaban J connectivity index is 2.11. The van der Waals surface area contributed by atoms with E-state index in [1.165, 1.54) is 0 Å². The second-order valence-electron chi connectivity index (χ2n) is 4.88. The average Bonchev–Trinajstić information content (AvgIpc) is 2.87. The Morgan fingerprint density at radius 1 is 0.800 bits per heavy atom. The van der Waals surface area contributed by atoms with E-state index in [2.05, 4.69) is 9.57 Å². The van der Waals surface area contributed by atoms with Crippen molar-refractivity contribution in [3.63, 3.8) is 0 Å². The lowest BCUT2D eigenvalue weighted by Crippen LogP contribution is -2.32. The van der Waals surface area contributed by atoms with E-state index >= 15 is 0 Å². The number of esters is 2. The molecule has 0 atom stereocenters. The van der Waals surface area contributed by atoms with Crippen LogP contribution in [0.4, 0.5) is 0 Å². The molecule has 1 saturated heterocycles. The summed E-state index contributed by atoms with van der Waals surface area (Å²) in [7, 11) is 0. The first-order valence-electron chi connectivity index (χ1n) is 7.39. The van der Waals surface area contributed by atoms with Gasteiger partial charge < -0.3 is 19.4 Å². The molecule has 11 nitrogen and oxygen atoms in total. The lowest BCUT2D eigenvalue weighted by atomic mass is 10.3. The van der Waals surface area contributed by atoms with E-state index in [9.17, 15) is 28.8 Å². The van der Waals surface area contributed by atoms with Crippen molar-refractivity contribution in [1.82, 2.24) is 5.06 Å². The maximum Gasteiger partial charge on any atom is 0.333 e. The lowest BCUT2D eigenvalue weighted by Gasteiger charge is -2.12. The van der Waals surface area contributed by atoms with Crippen molar-refractivity contribution in [3.8, 4) is 0 Å². The van der Waals surface area contributed by atoms with E-state index in [4.69, 9.17) is 9.84 Å². The standard InChI is InChI=1S/C14H17NO10/c16-9-1-2-10(17)15(9)25-14(22)6-5-13(21)24-8-7-23-12(20)4-3-11(18)19/h1-8H2,(H,18,19). The first-order valence-corrected chi connectivity index (χ1v) is 7.39. The number of hydrogen-bond donors (Lipinski definition) is 1. The van der Waals surface area contributed by atoms with Crippen LogP contribution >= 0.6 is 0 Å². The minimum Gasteiger partial charge on any atom is -0.481 e. The zero-order valence-corrected chi connectivity index (χ0v) is 13.2. The number of nitrogens with zero attached hydrogens (tertiary/aromatic N) is 1. The minimum absolute atomic E-state index is 0.0284. The third-order valence-corrected chi connectivity index (χ3v) is 2.88. The number of carboxylic acids is 1. The van der Waals surface area contributed by atoms with Gasteiger partial charge in [-0.15, -0.1) is 5.06 Å². The summed E-state index contributed by atoms with van der Waals surface area (Å²) in [6.07, 6.45) is -1.44. The van der Waals surface area contributed by atoms with Crippen molar-refractivity contribution in [1.29, 1.82) is 0 Å². The van der Waals surface area contributed by atoms with Crippen LogP contribution in [0.15, 0.2) is 0 Å². The molecule has 0 aliphatic carbocycles. The number of carboxylic acid groups (broad SMARTS) is 1. The molecule has 2 amide bonds. The number of aliphatic carboxylic acids is 1. The summed E-state index contributed by atoms with van der Waals surface area (Å²) in [6.45, 7) is -0.499. The first-order chi connectivity index (χ1) is 11.8. The highest BCUT2D eigenvalue weighted by Gasteiger charge is 2.32. The Hall–Kier alpha value is -2.98. The van der Waals surface area contributed by atoms with Crippen molar-refractivity contribution >= 4 is 35.7 Å². The Kier molecular flexibility index (Phi) is 8.03. The highest BCUT2D eigenvalue weighted by molar-refractivity contribution is 6.01.